The second kappa shape index (κ2) is 9.60. The van der Waals surface area contributed by atoms with Crippen molar-refractivity contribution in [3.63, 3.8) is 0 Å². The molecule has 164 valence electrons. The maximum atomic E-state index is 12.8. The average Bonchev–Trinajstić information content (AvgIpc) is 2.75. The van der Waals surface area contributed by atoms with Gasteiger partial charge >= 0.3 is 17.9 Å². The van der Waals surface area contributed by atoms with E-state index in [0.29, 0.717) is 19.3 Å². The van der Waals surface area contributed by atoms with Crippen molar-refractivity contribution >= 4 is 17.9 Å². The molecule has 1 saturated heterocycles. The Bertz CT molecular complexity index is 652. The molecule has 0 radical (unpaired) electrons. The van der Waals surface area contributed by atoms with E-state index in [2.05, 4.69) is 26.8 Å². The van der Waals surface area contributed by atoms with E-state index in [0.717, 1.165) is 0 Å². The van der Waals surface area contributed by atoms with Crippen LogP contribution in [-0.4, -0.2) is 37.2 Å². The van der Waals surface area contributed by atoms with Crippen LogP contribution < -0.4 is 0 Å². The summed E-state index contributed by atoms with van der Waals surface area (Å²) in [5.74, 6) is -2.11. The van der Waals surface area contributed by atoms with E-state index < -0.39 is 42.0 Å². The number of hydrogen-bond donors (Lipinski definition) is 0. The van der Waals surface area contributed by atoms with Crippen molar-refractivity contribution < 1.29 is 28.6 Å². The lowest BCUT2D eigenvalue weighted by Crippen LogP contribution is -2.44. The van der Waals surface area contributed by atoms with E-state index in [-0.39, 0.29) is 23.9 Å². The predicted octanol–water partition coefficient (Wildman–Crippen LogP) is 3.80. The highest BCUT2D eigenvalue weighted by molar-refractivity contribution is 5.81. The molecule has 0 amide bonds. The quantitative estimate of drug-likeness (QED) is 0.485. The second-order valence-corrected chi connectivity index (χ2v) is 10.2. The van der Waals surface area contributed by atoms with Crippen LogP contribution in [0.1, 0.15) is 74.1 Å². The van der Waals surface area contributed by atoms with E-state index >= 15 is 0 Å². The molecule has 1 rings (SSSR count). The van der Waals surface area contributed by atoms with Crippen molar-refractivity contribution in [2.75, 3.05) is 13.2 Å². The Hall–Kier alpha value is -2.10. The van der Waals surface area contributed by atoms with E-state index in [9.17, 15) is 19.6 Å². The lowest BCUT2D eigenvalue weighted by molar-refractivity contribution is -0.174. The first-order valence-corrected chi connectivity index (χ1v) is 10.1. The SMILES string of the molecule is CC(C)(C)CC(C)(C(=O)OCC(=O)OCC1OC(=O)CCCC1C#N)C(C)(C)C. The number of esters is 3. The number of nitrogens with zero attached hydrogens (tertiary/aromatic N) is 1. The number of hydrogen-bond acceptors (Lipinski definition) is 7. The molecule has 0 aliphatic carbocycles. The van der Waals surface area contributed by atoms with Gasteiger partial charge in [-0.15, -0.1) is 0 Å². The first kappa shape index (κ1) is 24.9. The second-order valence-electron chi connectivity index (χ2n) is 10.2. The third-order valence-electron chi connectivity index (χ3n) is 5.51. The van der Waals surface area contributed by atoms with Gasteiger partial charge in [-0.1, -0.05) is 41.5 Å². The molecule has 1 aliphatic heterocycles. The van der Waals surface area contributed by atoms with Gasteiger partial charge in [0.2, 0.25) is 0 Å². The Morgan fingerprint density at radius 3 is 2.28 bits per heavy atom. The van der Waals surface area contributed by atoms with Crippen molar-refractivity contribution in [2.24, 2.45) is 22.2 Å². The van der Waals surface area contributed by atoms with Crippen LogP contribution in [0.3, 0.4) is 0 Å². The lowest BCUT2D eigenvalue weighted by atomic mass is 9.61. The number of carbonyl (C=O) groups excluding carboxylic acids is 3. The van der Waals surface area contributed by atoms with Gasteiger partial charge in [0.1, 0.15) is 6.61 Å². The van der Waals surface area contributed by atoms with E-state index in [1.807, 2.05) is 27.7 Å². The number of nitriles is 1. The number of cyclic esters (lactones) is 1. The monoisotopic (exact) mass is 409 g/mol. The molecule has 7 heteroatoms. The van der Waals surface area contributed by atoms with Crippen molar-refractivity contribution in [2.45, 2.75) is 80.3 Å². The molecule has 0 aromatic rings. The Kier molecular flexibility index (Phi) is 8.25. The van der Waals surface area contributed by atoms with E-state index in [1.165, 1.54) is 0 Å². The summed E-state index contributed by atoms with van der Waals surface area (Å²) >= 11 is 0. The molecule has 3 unspecified atom stereocenters. The molecule has 3 atom stereocenters. The molecule has 1 fully saturated rings. The largest absolute Gasteiger partial charge is 0.459 e. The van der Waals surface area contributed by atoms with Gasteiger partial charge < -0.3 is 14.2 Å². The normalized spacial score (nSPS) is 22.5. The zero-order valence-corrected chi connectivity index (χ0v) is 18.8. The summed E-state index contributed by atoms with van der Waals surface area (Å²) < 4.78 is 15.6. The number of carbonyl (C=O) groups is 3. The number of ether oxygens (including phenoxy) is 3. The highest BCUT2D eigenvalue weighted by Crippen LogP contribution is 2.47. The van der Waals surface area contributed by atoms with Crippen molar-refractivity contribution in [3.05, 3.63) is 0 Å². The van der Waals surface area contributed by atoms with E-state index in [1.54, 1.807) is 0 Å². The fourth-order valence-corrected chi connectivity index (χ4v) is 3.46. The van der Waals surface area contributed by atoms with Gasteiger partial charge in [0.05, 0.1) is 17.4 Å². The third kappa shape index (κ3) is 7.34. The molecule has 0 bridgehead atoms. The summed E-state index contributed by atoms with van der Waals surface area (Å²) in [5.41, 5.74) is -1.25. The van der Waals surface area contributed by atoms with Crippen LogP contribution >= 0.6 is 0 Å². The molecule has 7 nitrogen and oxygen atoms in total. The molecular formula is C22H35NO6. The maximum absolute atomic E-state index is 12.8. The predicted molar refractivity (Wildman–Crippen MR) is 106 cm³/mol. The van der Waals surface area contributed by atoms with Gasteiger partial charge in [-0.25, -0.2) is 4.79 Å². The first-order valence-electron chi connectivity index (χ1n) is 10.1. The molecule has 1 heterocycles. The zero-order valence-electron chi connectivity index (χ0n) is 18.8. The Labute approximate surface area is 174 Å². The summed E-state index contributed by atoms with van der Waals surface area (Å²) in [7, 11) is 0. The highest BCUT2D eigenvalue weighted by atomic mass is 16.6. The number of rotatable bonds is 6. The van der Waals surface area contributed by atoms with Crippen LogP contribution in [0.25, 0.3) is 0 Å². The van der Waals surface area contributed by atoms with Crippen molar-refractivity contribution in [1.29, 1.82) is 5.26 Å². The zero-order chi connectivity index (χ0) is 22.5. The summed E-state index contributed by atoms with van der Waals surface area (Å²) in [4.78, 5) is 36.5. The maximum Gasteiger partial charge on any atom is 0.344 e. The van der Waals surface area contributed by atoms with Gasteiger partial charge in [-0.2, -0.15) is 5.26 Å². The van der Waals surface area contributed by atoms with Gasteiger partial charge in [0, 0.05) is 6.42 Å². The Balaban J connectivity index is 2.67. The van der Waals surface area contributed by atoms with Crippen LogP contribution in [0.5, 0.6) is 0 Å². The third-order valence-corrected chi connectivity index (χ3v) is 5.51. The topological polar surface area (TPSA) is 103 Å². The van der Waals surface area contributed by atoms with Crippen LogP contribution in [0, 0.1) is 33.5 Å². The Morgan fingerprint density at radius 1 is 1.14 bits per heavy atom. The summed E-state index contributed by atoms with van der Waals surface area (Å²) in [6, 6.07) is 2.09. The minimum atomic E-state index is -0.796. The van der Waals surface area contributed by atoms with Crippen LogP contribution in [-0.2, 0) is 28.6 Å². The summed E-state index contributed by atoms with van der Waals surface area (Å²) in [5, 5.41) is 9.22. The standard InChI is InChI=1S/C22H35NO6/c1-20(2,3)14-22(7,21(4,5)6)19(26)28-13-18(25)27-12-16-15(11-23)9-8-10-17(24)29-16/h15-16H,8-10,12-14H2,1-7H3. The fourth-order valence-electron chi connectivity index (χ4n) is 3.46. The highest BCUT2D eigenvalue weighted by Gasteiger charge is 2.47. The Morgan fingerprint density at radius 2 is 1.76 bits per heavy atom. The van der Waals surface area contributed by atoms with Crippen molar-refractivity contribution in [1.82, 2.24) is 0 Å². The van der Waals surface area contributed by atoms with Gasteiger partial charge in [0.25, 0.3) is 0 Å². The molecule has 0 saturated carbocycles. The minimum Gasteiger partial charge on any atom is -0.459 e. The van der Waals surface area contributed by atoms with Gasteiger partial charge in [0.15, 0.2) is 12.7 Å². The van der Waals surface area contributed by atoms with Gasteiger partial charge in [-0.05, 0) is 37.0 Å². The van der Waals surface area contributed by atoms with Crippen LogP contribution in [0.2, 0.25) is 0 Å². The molecule has 1 aliphatic rings. The molecule has 0 spiro atoms. The van der Waals surface area contributed by atoms with Crippen LogP contribution in [0.4, 0.5) is 0 Å². The summed E-state index contributed by atoms with van der Waals surface area (Å²) in [6.07, 6.45) is 1.13. The van der Waals surface area contributed by atoms with Crippen LogP contribution in [0.15, 0.2) is 0 Å². The summed E-state index contributed by atoms with van der Waals surface area (Å²) in [6.45, 7) is 13.2. The lowest BCUT2D eigenvalue weighted by Gasteiger charge is -2.43. The molecule has 0 aromatic carbocycles. The van der Waals surface area contributed by atoms with Gasteiger partial charge in [-0.3, -0.25) is 9.59 Å². The molecule has 29 heavy (non-hydrogen) atoms. The smallest absolute Gasteiger partial charge is 0.344 e. The molecule has 0 N–H and O–H groups in total. The molecule has 0 aromatic heterocycles. The van der Waals surface area contributed by atoms with E-state index in [4.69, 9.17) is 14.2 Å². The fraction of sp³-hybridized carbons (Fsp3) is 0.818. The molecular weight excluding hydrogens is 374 g/mol. The average molecular weight is 410 g/mol. The minimum absolute atomic E-state index is 0.1000. The first-order chi connectivity index (χ1) is 13.2. The van der Waals surface area contributed by atoms with Crippen molar-refractivity contribution in [3.8, 4) is 6.07 Å².